The van der Waals surface area contributed by atoms with Crippen LogP contribution in [0, 0.1) is 28.9 Å². The van der Waals surface area contributed by atoms with Crippen LogP contribution in [0.15, 0.2) is 12.1 Å². The molecule has 0 amide bonds. The summed E-state index contributed by atoms with van der Waals surface area (Å²) < 4.78 is 0.888. The highest BCUT2D eigenvalue weighted by Gasteiger charge is 2.42. The smallest absolute Gasteiger partial charge is 0.293 e. The van der Waals surface area contributed by atoms with Gasteiger partial charge in [-0.2, -0.15) is 0 Å². The number of anilines is 1. The van der Waals surface area contributed by atoms with Gasteiger partial charge in [0.2, 0.25) is 0 Å². The summed E-state index contributed by atoms with van der Waals surface area (Å²) in [6, 6.07) is 3.93. The lowest BCUT2D eigenvalue weighted by Gasteiger charge is -2.19. The minimum atomic E-state index is -0.284. The number of fused-ring (bicyclic) bond motifs is 1. The Morgan fingerprint density at radius 1 is 1.33 bits per heavy atom. The number of benzene rings is 1. The van der Waals surface area contributed by atoms with E-state index in [0.29, 0.717) is 23.6 Å². The number of nitro groups is 1. The lowest BCUT2D eigenvalue weighted by molar-refractivity contribution is -0.383. The van der Waals surface area contributed by atoms with Crippen molar-refractivity contribution in [2.24, 2.45) is 11.8 Å². The Balaban J connectivity index is 1.74. The first kappa shape index (κ1) is 13.0. The number of rotatable bonds is 5. The van der Waals surface area contributed by atoms with Crippen LogP contribution < -0.4 is 5.32 Å². The van der Waals surface area contributed by atoms with Crippen molar-refractivity contribution < 1.29 is 4.92 Å². The molecule has 2 aromatic rings. The summed E-state index contributed by atoms with van der Waals surface area (Å²) in [6.45, 7) is 1.93. The Morgan fingerprint density at radius 3 is 2.57 bits per heavy atom. The Hall–Kier alpha value is -1.69. The van der Waals surface area contributed by atoms with Crippen molar-refractivity contribution >= 4 is 32.9 Å². The van der Waals surface area contributed by atoms with Crippen LogP contribution in [-0.4, -0.2) is 15.9 Å². The first-order chi connectivity index (χ1) is 10.1. The second-order valence-corrected chi connectivity index (χ2v) is 7.41. The lowest BCUT2D eigenvalue weighted by atomic mass is 10.1. The zero-order valence-electron chi connectivity index (χ0n) is 11.8. The maximum atomic E-state index is 11.4. The molecule has 2 saturated carbocycles. The molecule has 2 aliphatic carbocycles. The minimum absolute atomic E-state index is 0.178. The van der Waals surface area contributed by atoms with Crippen molar-refractivity contribution in [2.75, 3.05) is 5.32 Å². The van der Waals surface area contributed by atoms with Crippen molar-refractivity contribution in [3.05, 3.63) is 27.3 Å². The van der Waals surface area contributed by atoms with E-state index < -0.39 is 0 Å². The third kappa shape index (κ3) is 2.48. The van der Waals surface area contributed by atoms with Crippen molar-refractivity contribution in [3.63, 3.8) is 0 Å². The van der Waals surface area contributed by atoms with E-state index in [4.69, 9.17) is 0 Å². The number of hydrogen-bond donors (Lipinski definition) is 1. The van der Waals surface area contributed by atoms with E-state index >= 15 is 0 Å². The summed E-state index contributed by atoms with van der Waals surface area (Å²) in [7, 11) is 0. The molecule has 1 aromatic heterocycles. The maximum Gasteiger partial charge on any atom is 0.293 e. The highest BCUT2D eigenvalue weighted by molar-refractivity contribution is 7.18. The minimum Gasteiger partial charge on any atom is -0.376 e. The molecule has 0 unspecified atom stereocenters. The predicted octanol–water partition coefficient (Wildman–Crippen LogP) is 4.11. The summed E-state index contributed by atoms with van der Waals surface area (Å²) in [4.78, 5) is 15.5. The van der Waals surface area contributed by atoms with Gasteiger partial charge in [-0.25, -0.2) is 4.98 Å². The van der Waals surface area contributed by atoms with E-state index in [2.05, 4.69) is 10.3 Å². The fourth-order valence-corrected chi connectivity index (χ4v) is 3.90. The highest BCUT2D eigenvalue weighted by Crippen LogP contribution is 2.47. The molecule has 6 heteroatoms. The Bertz CT molecular complexity index is 707. The monoisotopic (exact) mass is 303 g/mol. The summed E-state index contributed by atoms with van der Waals surface area (Å²) in [5, 5.41) is 15.8. The van der Waals surface area contributed by atoms with Crippen LogP contribution in [0.5, 0.6) is 0 Å². The highest BCUT2D eigenvalue weighted by atomic mass is 32.1. The fourth-order valence-electron chi connectivity index (χ4n) is 3.06. The molecular weight excluding hydrogens is 286 g/mol. The largest absolute Gasteiger partial charge is 0.376 e. The number of nitrogens with one attached hydrogen (secondary N) is 1. The van der Waals surface area contributed by atoms with E-state index in [1.807, 2.05) is 13.0 Å². The van der Waals surface area contributed by atoms with Crippen LogP contribution in [0.2, 0.25) is 0 Å². The van der Waals surface area contributed by atoms with E-state index in [1.165, 1.54) is 37.0 Å². The number of hydrogen-bond acceptors (Lipinski definition) is 5. The Kier molecular flexibility index (Phi) is 2.89. The molecular formula is C15H17N3O2S. The second kappa shape index (κ2) is 4.66. The lowest BCUT2D eigenvalue weighted by Crippen LogP contribution is -2.24. The van der Waals surface area contributed by atoms with Crippen LogP contribution >= 0.6 is 11.3 Å². The molecule has 0 bridgehead atoms. The summed E-state index contributed by atoms with van der Waals surface area (Å²) in [5.74, 6) is 1.40. The van der Waals surface area contributed by atoms with Gasteiger partial charge in [-0.1, -0.05) is 0 Å². The molecule has 1 heterocycles. The molecule has 0 saturated heterocycles. The number of nitrogens with zero attached hydrogens (tertiary/aromatic N) is 2. The average Bonchev–Trinajstić information content (AvgIpc) is 3.32. The maximum absolute atomic E-state index is 11.4. The molecule has 1 N–H and O–H groups in total. The second-order valence-electron chi connectivity index (χ2n) is 6.17. The van der Waals surface area contributed by atoms with Crippen molar-refractivity contribution in [1.82, 2.24) is 4.98 Å². The van der Waals surface area contributed by atoms with E-state index in [-0.39, 0.29) is 10.6 Å². The third-order valence-electron chi connectivity index (χ3n) is 4.39. The van der Waals surface area contributed by atoms with Crippen LogP contribution in [-0.2, 0) is 0 Å². The zero-order chi connectivity index (χ0) is 14.6. The van der Waals surface area contributed by atoms with Crippen LogP contribution in [0.3, 0.4) is 0 Å². The summed E-state index contributed by atoms with van der Waals surface area (Å²) in [5.41, 5.74) is 1.68. The van der Waals surface area contributed by atoms with Gasteiger partial charge in [-0.05, 0) is 50.5 Å². The Morgan fingerprint density at radius 2 is 2.00 bits per heavy atom. The van der Waals surface area contributed by atoms with Gasteiger partial charge in [0.25, 0.3) is 5.69 Å². The molecule has 4 rings (SSSR count). The van der Waals surface area contributed by atoms with Crippen molar-refractivity contribution in [1.29, 1.82) is 0 Å². The molecule has 2 aliphatic rings. The normalized spacial score (nSPS) is 18.4. The number of aryl methyl sites for hydroxylation is 1. The van der Waals surface area contributed by atoms with Gasteiger partial charge < -0.3 is 5.32 Å². The topological polar surface area (TPSA) is 68.1 Å². The number of thiazole rings is 1. The molecule has 0 atom stereocenters. The first-order valence-corrected chi connectivity index (χ1v) is 8.25. The first-order valence-electron chi connectivity index (χ1n) is 7.44. The molecule has 0 aliphatic heterocycles. The van der Waals surface area contributed by atoms with Gasteiger partial charge in [0.15, 0.2) is 0 Å². The molecule has 21 heavy (non-hydrogen) atoms. The quantitative estimate of drug-likeness (QED) is 0.666. The van der Waals surface area contributed by atoms with Crippen molar-refractivity contribution in [2.45, 2.75) is 38.6 Å². The number of nitro benzene ring substituents is 1. The molecule has 0 radical (unpaired) electrons. The predicted molar refractivity (Wildman–Crippen MR) is 83.9 cm³/mol. The zero-order valence-corrected chi connectivity index (χ0v) is 12.7. The van der Waals surface area contributed by atoms with Crippen molar-refractivity contribution in [3.8, 4) is 0 Å². The van der Waals surface area contributed by atoms with Crippen LogP contribution in [0.25, 0.3) is 10.2 Å². The molecule has 1 aromatic carbocycles. The van der Waals surface area contributed by atoms with E-state index in [0.717, 1.165) is 15.2 Å². The van der Waals surface area contributed by atoms with Crippen LogP contribution in [0.1, 0.15) is 30.7 Å². The van der Waals surface area contributed by atoms with E-state index in [9.17, 15) is 10.1 Å². The Labute approximate surface area is 126 Å². The third-order valence-corrected chi connectivity index (χ3v) is 5.33. The number of aromatic nitrogens is 1. The van der Waals surface area contributed by atoms with Gasteiger partial charge in [0.1, 0.15) is 5.69 Å². The SMILES string of the molecule is Cc1nc2cc(NC(C3CC3)C3CC3)c([N+](=O)[O-])cc2s1. The summed E-state index contributed by atoms with van der Waals surface area (Å²) in [6.07, 6.45) is 5.00. The van der Waals surface area contributed by atoms with Gasteiger partial charge in [-0.15, -0.1) is 11.3 Å². The molecule has 0 spiro atoms. The fraction of sp³-hybridized carbons (Fsp3) is 0.533. The standard InChI is InChI=1S/C15H17N3O2S/c1-8-16-12-6-11(13(18(19)20)7-14(12)21-8)17-15(9-2-3-9)10-4-5-10/h6-7,9-10,15,17H,2-5H2,1H3. The average molecular weight is 303 g/mol. The van der Waals surface area contributed by atoms with Gasteiger partial charge >= 0.3 is 0 Å². The van der Waals surface area contributed by atoms with Gasteiger partial charge in [0, 0.05) is 12.1 Å². The molecule has 5 nitrogen and oxygen atoms in total. The summed E-state index contributed by atoms with van der Waals surface area (Å²) >= 11 is 1.51. The van der Waals surface area contributed by atoms with E-state index in [1.54, 1.807) is 6.07 Å². The van der Waals surface area contributed by atoms with Gasteiger partial charge in [0.05, 0.1) is 20.1 Å². The van der Waals surface area contributed by atoms with Crippen LogP contribution in [0.4, 0.5) is 11.4 Å². The molecule has 110 valence electrons. The molecule has 2 fully saturated rings. The van der Waals surface area contributed by atoms with Gasteiger partial charge in [-0.3, -0.25) is 10.1 Å².